The van der Waals surface area contributed by atoms with Crippen molar-refractivity contribution in [2.45, 2.75) is 24.8 Å². The summed E-state index contributed by atoms with van der Waals surface area (Å²) in [4.78, 5) is 15.6. The maximum absolute atomic E-state index is 13.1. The van der Waals surface area contributed by atoms with Crippen LogP contribution < -0.4 is 29.0 Å². The smallest absolute Gasteiger partial charge is 0.251 e. The Morgan fingerprint density at radius 2 is 1.62 bits per heavy atom. The molecule has 1 amide bonds. The fourth-order valence-electron chi connectivity index (χ4n) is 6.18. The lowest BCUT2D eigenvalue weighted by atomic mass is 9.74. The molecule has 3 saturated heterocycles. The lowest BCUT2D eigenvalue weighted by Gasteiger charge is -2.50. The third-order valence-corrected chi connectivity index (χ3v) is 8.28. The van der Waals surface area contributed by atoms with Crippen molar-refractivity contribution in [1.82, 2.24) is 20.0 Å². The second-order valence-corrected chi connectivity index (χ2v) is 10.3. The standard InChI is InChI=1S/C30H38N4O6/c1-33-24(15-23(32-33)19-7-8-25(36-2)26(12-19)37-3)22-17-34-10-9-18(22)11-21(34)16-31-30(35)20-13-27(38-4)29(40-6)28(14-20)39-5/h7-8,12-15,18,21-22H,9-11,16-17H2,1-6H3,(H,31,35)/t18-,21+,22-/m0/s1. The Bertz CT molecular complexity index is 1350. The van der Waals surface area contributed by atoms with Crippen LogP contribution in [0.5, 0.6) is 28.7 Å². The highest BCUT2D eigenvalue weighted by Crippen LogP contribution is 2.43. The van der Waals surface area contributed by atoms with Gasteiger partial charge in [-0.2, -0.15) is 5.10 Å². The van der Waals surface area contributed by atoms with Crippen molar-refractivity contribution in [3.05, 3.63) is 47.7 Å². The van der Waals surface area contributed by atoms with E-state index in [2.05, 4.69) is 16.3 Å². The van der Waals surface area contributed by atoms with Gasteiger partial charge in [0.1, 0.15) is 0 Å². The number of hydrogen-bond donors (Lipinski definition) is 1. The van der Waals surface area contributed by atoms with Crippen LogP contribution in [0.1, 0.15) is 34.8 Å². The summed E-state index contributed by atoms with van der Waals surface area (Å²) in [6.07, 6.45) is 2.16. The average Bonchev–Trinajstić information content (AvgIpc) is 3.39. The fourth-order valence-corrected chi connectivity index (χ4v) is 6.18. The van der Waals surface area contributed by atoms with Gasteiger partial charge in [0.15, 0.2) is 23.0 Å². The van der Waals surface area contributed by atoms with Gasteiger partial charge in [-0.25, -0.2) is 0 Å². The predicted octanol–water partition coefficient (Wildman–Crippen LogP) is 3.74. The van der Waals surface area contributed by atoms with Crippen LogP contribution in [0.3, 0.4) is 0 Å². The van der Waals surface area contributed by atoms with Crippen LogP contribution in [-0.2, 0) is 7.05 Å². The summed E-state index contributed by atoms with van der Waals surface area (Å²) in [6.45, 7) is 2.56. The molecule has 3 fully saturated rings. The van der Waals surface area contributed by atoms with Crippen LogP contribution in [0.2, 0.25) is 0 Å². The van der Waals surface area contributed by atoms with Crippen LogP contribution in [0.4, 0.5) is 0 Å². The molecule has 0 spiro atoms. The molecule has 3 aliphatic heterocycles. The van der Waals surface area contributed by atoms with E-state index in [1.54, 1.807) is 47.7 Å². The van der Waals surface area contributed by atoms with Crippen LogP contribution in [0.25, 0.3) is 11.3 Å². The highest BCUT2D eigenvalue weighted by atomic mass is 16.5. The van der Waals surface area contributed by atoms with Gasteiger partial charge in [0.25, 0.3) is 5.91 Å². The number of fused-ring (bicyclic) bond motifs is 3. The second kappa shape index (κ2) is 11.7. The van der Waals surface area contributed by atoms with Gasteiger partial charge in [0.05, 0.1) is 41.2 Å². The molecule has 214 valence electrons. The first-order valence-corrected chi connectivity index (χ1v) is 13.5. The van der Waals surface area contributed by atoms with E-state index in [0.29, 0.717) is 58.7 Å². The first-order chi connectivity index (χ1) is 19.4. The zero-order valence-corrected chi connectivity index (χ0v) is 24.0. The quantitative estimate of drug-likeness (QED) is 0.408. The molecule has 0 radical (unpaired) electrons. The molecule has 2 bridgehead atoms. The van der Waals surface area contributed by atoms with E-state index in [-0.39, 0.29) is 5.91 Å². The molecule has 0 saturated carbocycles. The van der Waals surface area contributed by atoms with Gasteiger partial charge in [0.2, 0.25) is 5.75 Å². The summed E-state index contributed by atoms with van der Waals surface area (Å²) in [5.41, 5.74) is 3.62. The highest BCUT2D eigenvalue weighted by Gasteiger charge is 2.42. The SMILES string of the molecule is COc1ccc(-c2cc([C@H]3CN4CC[C@H]3C[C@@H]4CNC(=O)c3cc(OC)c(OC)c(OC)c3)n(C)n2)cc1OC. The Morgan fingerprint density at radius 1 is 0.925 bits per heavy atom. The van der Waals surface area contributed by atoms with Gasteiger partial charge >= 0.3 is 0 Å². The van der Waals surface area contributed by atoms with Crippen molar-refractivity contribution < 1.29 is 28.5 Å². The molecule has 10 nitrogen and oxygen atoms in total. The molecule has 4 heterocycles. The fraction of sp³-hybridized carbons (Fsp3) is 0.467. The predicted molar refractivity (Wildman–Crippen MR) is 151 cm³/mol. The largest absolute Gasteiger partial charge is 0.493 e. The zero-order valence-electron chi connectivity index (χ0n) is 24.0. The van der Waals surface area contributed by atoms with Crippen molar-refractivity contribution in [2.24, 2.45) is 13.0 Å². The Morgan fingerprint density at radius 3 is 2.23 bits per heavy atom. The Balaban J connectivity index is 1.26. The first-order valence-electron chi connectivity index (χ1n) is 13.5. The van der Waals surface area contributed by atoms with Gasteiger partial charge in [-0.3, -0.25) is 14.4 Å². The van der Waals surface area contributed by atoms with E-state index in [1.165, 1.54) is 5.69 Å². The minimum atomic E-state index is -0.162. The molecular formula is C30H38N4O6. The Hall–Kier alpha value is -3.92. The number of hydrogen-bond acceptors (Lipinski definition) is 8. The summed E-state index contributed by atoms with van der Waals surface area (Å²) in [6, 6.07) is 11.7. The van der Waals surface area contributed by atoms with E-state index in [0.717, 1.165) is 37.2 Å². The van der Waals surface area contributed by atoms with Gasteiger partial charge in [-0.1, -0.05) is 0 Å². The first kappa shape index (κ1) is 27.6. The number of aryl methyl sites for hydroxylation is 1. The number of nitrogens with zero attached hydrogens (tertiary/aromatic N) is 3. The number of nitrogens with one attached hydrogen (secondary N) is 1. The number of rotatable bonds is 10. The van der Waals surface area contributed by atoms with E-state index in [1.807, 2.05) is 29.9 Å². The number of benzene rings is 2. The molecule has 40 heavy (non-hydrogen) atoms. The molecule has 3 aromatic rings. The zero-order chi connectivity index (χ0) is 28.4. The minimum absolute atomic E-state index is 0.162. The van der Waals surface area contributed by atoms with Crippen molar-refractivity contribution >= 4 is 5.91 Å². The number of aromatic nitrogens is 2. The summed E-state index contributed by atoms with van der Waals surface area (Å²) in [5, 5.41) is 7.97. The number of piperidine rings is 3. The maximum atomic E-state index is 13.1. The number of ether oxygens (including phenoxy) is 5. The molecule has 10 heteroatoms. The summed E-state index contributed by atoms with van der Waals surface area (Å²) < 4.78 is 29.1. The van der Waals surface area contributed by atoms with Gasteiger partial charge in [0, 0.05) is 48.9 Å². The van der Waals surface area contributed by atoms with Crippen LogP contribution in [0, 0.1) is 5.92 Å². The number of carbonyl (C=O) groups excluding carboxylic acids is 1. The van der Waals surface area contributed by atoms with Crippen LogP contribution >= 0.6 is 0 Å². The normalized spacial score (nSPS) is 21.6. The molecule has 0 aliphatic carbocycles. The van der Waals surface area contributed by atoms with Gasteiger partial charge < -0.3 is 29.0 Å². The van der Waals surface area contributed by atoms with Gasteiger partial charge in [-0.15, -0.1) is 0 Å². The molecule has 1 N–H and O–H groups in total. The average molecular weight is 551 g/mol. The molecule has 4 atom stereocenters. The number of amides is 1. The molecule has 1 aromatic heterocycles. The van der Waals surface area contributed by atoms with Crippen molar-refractivity contribution in [1.29, 1.82) is 0 Å². The van der Waals surface area contributed by atoms with Crippen molar-refractivity contribution in [3.8, 4) is 40.0 Å². The lowest BCUT2D eigenvalue weighted by Crippen LogP contribution is -2.56. The number of carbonyl (C=O) groups is 1. The van der Waals surface area contributed by atoms with Crippen molar-refractivity contribution in [2.75, 3.05) is 55.2 Å². The lowest BCUT2D eigenvalue weighted by molar-refractivity contribution is 0.0280. The monoisotopic (exact) mass is 550 g/mol. The summed E-state index contributed by atoms with van der Waals surface area (Å²) in [5.74, 6) is 3.52. The Kier molecular flexibility index (Phi) is 8.07. The van der Waals surface area contributed by atoms with E-state index < -0.39 is 0 Å². The van der Waals surface area contributed by atoms with Crippen LogP contribution in [0.15, 0.2) is 36.4 Å². The molecule has 6 rings (SSSR count). The minimum Gasteiger partial charge on any atom is -0.493 e. The third kappa shape index (κ3) is 5.15. The molecule has 2 aromatic carbocycles. The second-order valence-electron chi connectivity index (χ2n) is 10.3. The van der Waals surface area contributed by atoms with E-state index in [4.69, 9.17) is 28.8 Å². The van der Waals surface area contributed by atoms with Crippen LogP contribution in [-0.4, -0.2) is 81.8 Å². The molecule has 1 unspecified atom stereocenters. The number of methoxy groups -OCH3 is 5. The highest BCUT2D eigenvalue weighted by molar-refractivity contribution is 5.95. The third-order valence-electron chi connectivity index (χ3n) is 8.28. The van der Waals surface area contributed by atoms with Gasteiger partial charge in [-0.05, 0) is 61.7 Å². The summed E-state index contributed by atoms with van der Waals surface area (Å²) in [7, 11) is 9.92. The summed E-state index contributed by atoms with van der Waals surface area (Å²) >= 11 is 0. The topological polar surface area (TPSA) is 96.3 Å². The molecular weight excluding hydrogens is 512 g/mol. The van der Waals surface area contributed by atoms with E-state index in [9.17, 15) is 4.79 Å². The van der Waals surface area contributed by atoms with Crippen molar-refractivity contribution in [3.63, 3.8) is 0 Å². The van der Waals surface area contributed by atoms with E-state index >= 15 is 0 Å². The maximum Gasteiger partial charge on any atom is 0.251 e. The molecule has 3 aliphatic rings. The Labute approximate surface area is 235 Å².